The molecule has 1 N–H and O–H groups in total. The maximum atomic E-state index is 12.4. The number of nitrogens with zero attached hydrogens (tertiary/aromatic N) is 2. The van der Waals surface area contributed by atoms with E-state index in [2.05, 4.69) is 10.2 Å². The van der Waals surface area contributed by atoms with Gasteiger partial charge in [-0.05, 0) is 69.0 Å². The molecule has 6 heteroatoms. The molecule has 0 aliphatic carbocycles. The molecule has 2 aromatic carbocycles. The molecule has 0 spiro atoms. The minimum absolute atomic E-state index is 0.0135. The van der Waals surface area contributed by atoms with Crippen molar-refractivity contribution in [2.24, 2.45) is 5.92 Å². The Morgan fingerprint density at radius 1 is 0.938 bits per heavy atom. The molecular formula is C26H31N3O3. The van der Waals surface area contributed by atoms with Crippen molar-refractivity contribution >= 4 is 17.5 Å². The summed E-state index contributed by atoms with van der Waals surface area (Å²) < 4.78 is 6.10. The van der Waals surface area contributed by atoms with Crippen LogP contribution in [0.5, 0.6) is 5.75 Å². The average molecular weight is 434 g/mol. The normalized spacial score (nSPS) is 24.2. The van der Waals surface area contributed by atoms with Gasteiger partial charge in [0.15, 0.2) is 5.78 Å². The Kier molecular flexibility index (Phi) is 6.12. The van der Waals surface area contributed by atoms with E-state index in [0.717, 1.165) is 63.3 Å². The van der Waals surface area contributed by atoms with Gasteiger partial charge >= 0.3 is 6.03 Å². The molecule has 168 valence electrons. The molecule has 0 saturated carbocycles. The number of nitrogens with one attached hydrogen (secondary N) is 1. The number of amides is 2. The fraction of sp³-hybridized carbons (Fsp3) is 0.462. The van der Waals surface area contributed by atoms with Crippen LogP contribution in [0.1, 0.15) is 42.5 Å². The molecule has 2 atom stereocenters. The van der Waals surface area contributed by atoms with Crippen molar-refractivity contribution in [1.82, 2.24) is 10.2 Å². The lowest BCUT2D eigenvalue weighted by atomic mass is 9.90. The van der Waals surface area contributed by atoms with Crippen molar-refractivity contribution in [3.05, 3.63) is 60.2 Å². The minimum atomic E-state index is -0.0519. The molecule has 6 nitrogen and oxygen atoms in total. The van der Waals surface area contributed by atoms with Crippen LogP contribution >= 0.6 is 0 Å². The molecule has 2 amide bonds. The second-order valence-electron chi connectivity index (χ2n) is 9.23. The minimum Gasteiger partial charge on any atom is -0.488 e. The predicted octanol–water partition coefficient (Wildman–Crippen LogP) is 4.11. The number of likely N-dealkylation sites (tertiary alicyclic amines) is 1. The number of hydrogen-bond acceptors (Lipinski definition) is 4. The summed E-state index contributed by atoms with van der Waals surface area (Å²) in [5, 5.41) is 3.01. The Bertz CT molecular complexity index is 956. The number of carbonyl (C=O) groups is 2. The van der Waals surface area contributed by atoms with E-state index in [0.29, 0.717) is 17.9 Å². The lowest BCUT2D eigenvalue weighted by molar-refractivity contribution is 0.0696. The van der Waals surface area contributed by atoms with Crippen LogP contribution in [-0.4, -0.2) is 55.0 Å². The fourth-order valence-corrected chi connectivity index (χ4v) is 5.31. The number of anilines is 1. The van der Waals surface area contributed by atoms with E-state index >= 15 is 0 Å². The van der Waals surface area contributed by atoms with Crippen LogP contribution in [0, 0.1) is 5.92 Å². The van der Waals surface area contributed by atoms with Gasteiger partial charge in [0, 0.05) is 25.2 Å². The number of hydrogen-bond donors (Lipinski definition) is 1. The summed E-state index contributed by atoms with van der Waals surface area (Å²) >= 11 is 0. The van der Waals surface area contributed by atoms with Crippen LogP contribution < -0.4 is 15.0 Å². The lowest BCUT2D eigenvalue weighted by Crippen LogP contribution is -2.43. The monoisotopic (exact) mass is 433 g/mol. The Hall–Kier alpha value is -2.86. The van der Waals surface area contributed by atoms with Gasteiger partial charge in [0.25, 0.3) is 0 Å². The highest BCUT2D eigenvalue weighted by Crippen LogP contribution is 2.30. The van der Waals surface area contributed by atoms with Crippen LogP contribution in [0.25, 0.3) is 0 Å². The molecule has 3 aliphatic heterocycles. The molecule has 2 unspecified atom stereocenters. The molecule has 0 bridgehead atoms. The highest BCUT2D eigenvalue weighted by molar-refractivity contribution is 5.99. The average Bonchev–Trinajstić information content (AvgIpc) is 3.19. The lowest BCUT2D eigenvalue weighted by Gasteiger charge is -2.36. The SMILES string of the molecule is O=C1CC(CN2CCC(CCC3CNC(=O)N3c3ccccc3)CC2)Oc2ccccc21. The van der Waals surface area contributed by atoms with Crippen LogP contribution in [0.2, 0.25) is 0 Å². The Morgan fingerprint density at radius 2 is 1.69 bits per heavy atom. The molecule has 5 rings (SSSR count). The van der Waals surface area contributed by atoms with Gasteiger partial charge < -0.3 is 10.1 Å². The third-order valence-electron chi connectivity index (χ3n) is 7.08. The van der Waals surface area contributed by atoms with Crippen molar-refractivity contribution in [2.75, 3.05) is 31.1 Å². The molecule has 2 aromatic rings. The van der Waals surface area contributed by atoms with E-state index in [1.165, 1.54) is 0 Å². The zero-order valence-corrected chi connectivity index (χ0v) is 18.4. The zero-order valence-electron chi connectivity index (χ0n) is 18.4. The molecule has 2 fully saturated rings. The first kappa shape index (κ1) is 21.0. The second-order valence-corrected chi connectivity index (χ2v) is 9.23. The topological polar surface area (TPSA) is 61.9 Å². The molecule has 0 aromatic heterocycles. The van der Waals surface area contributed by atoms with Crippen molar-refractivity contribution in [1.29, 1.82) is 0 Å². The largest absolute Gasteiger partial charge is 0.488 e. The van der Waals surface area contributed by atoms with E-state index < -0.39 is 0 Å². The summed E-state index contributed by atoms with van der Waals surface area (Å²) in [6.45, 7) is 3.63. The molecule has 3 aliphatic rings. The number of rotatable bonds is 6. The van der Waals surface area contributed by atoms with Crippen molar-refractivity contribution < 1.29 is 14.3 Å². The van der Waals surface area contributed by atoms with Gasteiger partial charge in [-0.3, -0.25) is 14.6 Å². The van der Waals surface area contributed by atoms with E-state index in [1.54, 1.807) is 0 Å². The summed E-state index contributed by atoms with van der Waals surface area (Å²) in [4.78, 5) is 29.1. The standard InChI is InChI=1S/C26H31N3O3/c30-24-16-22(32-25-9-5-4-8-23(24)25)18-28-14-12-19(13-15-28)10-11-21-17-27-26(31)29(21)20-6-2-1-3-7-20/h1-9,19,21-22H,10-18H2,(H,27,31). The summed E-state index contributed by atoms with van der Waals surface area (Å²) in [5.41, 5.74) is 1.69. The molecule has 3 heterocycles. The van der Waals surface area contributed by atoms with Crippen molar-refractivity contribution in [3.8, 4) is 5.75 Å². The molecule has 32 heavy (non-hydrogen) atoms. The number of carbonyl (C=O) groups excluding carboxylic acids is 2. The number of benzene rings is 2. The number of Topliss-reactive ketones (excluding diaryl/α,β-unsaturated/α-hetero) is 1. The van der Waals surface area contributed by atoms with Gasteiger partial charge in [-0.15, -0.1) is 0 Å². The number of para-hydroxylation sites is 2. The second kappa shape index (κ2) is 9.33. The van der Waals surface area contributed by atoms with Crippen LogP contribution in [-0.2, 0) is 0 Å². The predicted molar refractivity (Wildman–Crippen MR) is 124 cm³/mol. The molecular weight excluding hydrogens is 402 g/mol. The third kappa shape index (κ3) is 4.51. The number of fused-ring (bicyclic) bond motifs is 1. The summed E-state index contributed by atoms with van der Waals surface area (Å²) in [6.07, 6.45) is 4.91. The number of urea groups is 1. The van der Waals surface area contributed by atoms with E-state index in [9.17, 15) is 9.59 Å². The summed E-state index contributed by atoms with van der Waals surface area (Å²) in [5.74, 6) is 1.61. The zero-order chi connectivity index (χ0) is 21.9. The van der Waals surface area contributed by atoms with Gasteiger partial charge in [-0.2, -0.15) is 0 Å². The summed E-state index contributed by atoms with van der Waals surface area (Å²) in [7, 11) is 0. The maximum Gasteiger partial charge on any atom is 0.322 e. The highest BCUT2D eigenvalue weighted by Gasteiger charge is 2.33. The molecule has 2 saturated heterocycles. The first-order valence-electron chi connectivity index (χ1n) is 11.8. The van der Waals surface area contributed by atoms with Crippen LogP contribution in [0.15, 0.2) is 54.6 Å². The van der Waals surface area contributed by atoms with Crippen molar-refractivity contribution in [3.63, 3.8) is 0 Å². The smallest absolute Gasteiger partial charge is 0.322 e. The van der Waals surface area contributed by atoms with E-state index in [1.807, 2.05) is 59.5 Å². The van der Waals surface area contributed by atoms with E-state index in [4.69, 9.17) is 4.74 Å². The number of ether oxygens (including phenoxy) is 1. The highest BCUT2D eigenvalue weighted by atomic mass is 16.5. The van der Waals surface area contributed by atoms with Crippen LogP contribution in [0.4, 0.5) is 10.5 Å². The first-order valence-corrected chi connectivity index (χ1v) is 11.8. The van der Waals surface area contributed by atoms with Crippen LogP contribution in [0.3, 0.4) is 0 Å². The first-order chi connectivity index (χ1) is 15.7. The van der Waals surface area contributed by atoms with E-state index in [-0.39, 0.29) is 24.0 Å². The van der Waals surface area contributed by atoms with Gasteiger partial charge in [-0.25, -0.2) is 4.79 Å². The quantitative estimate of drug-likeness (QED) is 0.745. The Balaban J connectivity index is 1.09. The van der Waals surface area contributed by atoms with Gasteiger partial charge in [0.1, 0.15) is 11.9 Å². The van der Waals surface area contributed by atoms with Gasteiger partial charge in [-0.1, -0.05) is 30.3 Å². The Labute approximate surface area is 189 Å². The van der Waals surface area contributed by atoms with Crippen molar-refractivity contribution in [2.45, 2.75) is 44.2 Å². The number of piperidine rings is 1. The third-order valence-corrected chi connectivity index (χ3v) is 7.08. The van der Waals surface area contributed by atoms with Gasteiger partial charge in [0.05, 0.1) is 11.6 Å². The Morgan fingerprint density at radius 3 is 2.50 bits per heavy atom. The number of ketones is 1. The fourth-order valence-electron chi connectivity index (χ4n) is 5.31. The maximum absolute atomic E-state index is 12.4. The van der Waals surface area contributed by atoms with Gasteiger partial charge in [0.2, 0.25) is 0 Å². The molecule has 0 radical (unpaired) electrons. The summed E-state index contributed by atoms with van der Waals surface area (Å²) in [6, 6.07) is 17.8.